The zero-order chi connectivity index (χ0) is 22.8. The van der Waals surface area contributed by atoms with Crippen LogP contribution in [-0.4, -0.2) is 35.1 Å². The molecular formula is C23H27Cl3N2O2S. The topological polar surface area (TPSA) is 49.4 Å². The average molecular weight is 502 g/mol. The molecule has 31 heavy (non-hydrogen) atoms. The average Bonchev–Trinajstić information content (AvgIpc) is 2.75. The molecule has 0 aromatic heterocycles. The molecule has 8 heteroatoms. The molecule has 2 aromatic carbocycles. The summed E-state index contributed by atoms with van der Waals surface area (Å²) in [5, 5.41) is 4.69. The molecule has 1 unspecified atom stereocenters. The summed E-state index contributed by atoms with van der Waals surface area (Å²) < 4.78 is 0. The minimum Gasteiger partial charge on any atom is -0.354 e. The van der Waals surface area contributed by atoms with Gasteiger partial charge in [-0.2, -0.15) is 0 Å². The van der Waals surface area contributed by atoms with Crippen LogP contribution in [0.4, 0.5) is 0 Å². The van der Waals surface area contributed by atoms with Gasteiger partial charge in [0.15, 0.2) is 0 Å². The summed E-state index contributed by atoms with van der Waals surface area (Å²) in [4.78, 5) is 27.3. The van der Waals surface area contributed by atoms with Crippen LogP contribution < -0.4 is 5.32 Å². The van der Waals surface area contributed by atoms with E-state index in [0.717, 1.165) is 24.0 Å². The number of thioether (sulfide) groups is 1. The zero-order valence-corrected chi connectivity index (χ0v) is 20.8. The lowest BCUT2D eigenvalue weighted by molar-refractivity contribution is -0.138. The van der Waals surface area contributed by atoms with E-state index in [2.05, 4.69) is 12.2 Å². The van der Waals surface area contributed by atoms with Crippen molar-refractivity contribution in [1.29, 1.82) is 0 Å². The Hall–Kier alpha value is -1.40. The van der Waals surface area contributed by atoms with Gasteiger partial charge in [-0.3, -0.25) is 9.59 Å². The largest absolute Gasteiger partial charge is 0.354 e. The second-order valence-corrected chi connectivity index (χ2v) is 9.40. The van der Waals surface area contributed by atoms with Crippen molar-refractivity contribution in [3.8, 4) is 0 Å². The van der Waals surface area contributed by atoms with E-state index in [1.54, 1.807) is 42.2 Å². The number of halogens is 3. The highest BCUT2D eigenvalue weighted by Gasteiger charge is 2.26. The molecule has 1 atom stereocenters. The highest BCUT2D eigenvalue weighted by molar-refractivity contribution is 7.99. The molecule has 2 amide bonds. The van der Waals surface area contributed by atoms with Crippen LogP contribution in [0.3, 0.4) is 0 Å². The van der Waals surface area contributed by atoms with Gasteiger partial charge in [0.2, 0.25) is 11.8 Å². The van der Waals surface area contributed by atoms with Crippen molar-refractivity contribution >= 4 is 58.4 Å². The first-order valence-corrected chi connectivity index (χ1v) is 12.4. The first-order chi connectivity index (χ1) is 14.8. The van der Waals surface area contributed by atoms with E-state index in [9.17, 15) is 9.59 Å². The van der Waals surface area contributed by atoms with Gasteiger partial charge >= 0.3 is 0 Å². The number of carbonyl (C=O) groups is 2. The molecule has 2 aromatic rings. The van der Waals surface area contributed by atoms with Gasteiger partial charge in [0.25, 0.3) is 0 Å². The molecule has 1 N–H and O–H groups in total. The molecule has 0 heterocycles. The van der Waals surface area contributed by atoms with Crippen LogP contribution in [0.2, 0.25) is 15.1 Å². The third kappa shape index (κ3) is 8.23. The standard InChI is InChI=1S/C23H27Cl3N2O2S/c1-3-4-12-27-23(30)16(2)28(13-17-8-10-18(24)11-9-17)22(29)15-31-14-19-20(25)6-5-7-21(19)26/h5-11,16H,3-4,12-15H2,1-2H3,(H,27,30). The summed E-state index contributed by atoms with van der Waals surface area (Å²) in [5.41, 5.74) is 1.71. The minimum atomic E-state index is -0.593. The minimum absolute atomic E-state index is 0.124. The molecule has 2 rings (SSSR count). The van der Waals surface area contributed by atoms with Crippen LogP contribution in [0.5, 0.6) is 0 Å². The SMILES string of the molecule is CCCCNC(=O)C(C)N(Cc1ccc(Cl)cc1)C(=O)CSCc1c(Cl)cccc1Cl. The fourth-order valence-corrected chi connectivity index (χ4v) is 4.67. The fraction of sp³-hybridized carbons (Fsp3) is 0.391. The van der Waals surface area contributed by atoms with E-state index in [4.69, 9.17) is 34.8 Å². The van der Waals surface area contributed by atoms with Crippen molar-refractivity contribution < 1.29 is 9.59 Å². The Kier molecular flexibility index (Phi) is 11.0. The highest BCUT2D eigenvalue weighted by atomic mass is 35.5. The monoisotopic (exact) mass is 500 g/mol. The van der Waals surface area contributed by atoms with Gasteiger partial charge < -0.3 is 10.2 Å². The van der Waals surface area contributed by atoms with Crippen LogP contribution in [0, 0.1) is 0 Å². The summed E-state index contributed by atoms with van der Waals surface area (Å²) in [6.45, 7) is 4.74. The van der Waals surface area contributed by atoms with E-state index >= 15 is 0 Å². The summed E-state index contributed by atoms with van der Waals surface area (Å²) >= 11 is 19.8. The molecule has 0 fully saturated rings. The number of nitrogens with one attached hydrogen (secondary N) is 1. The van der Waals surface area contributed by atoms with Gasteiger partial charge in [-0.15, -0.1) is 11.8 Å². The molecule has 168 valence electrons. The second kappa shape index (κ2) is 13.2. The molecular weight excluding hydrogens is 475 g/mol. The number of hydrogen-bond acceptors (Lipinski definition) is 3. The highest BCUT2D eigenvalue weighted by Crippen LogP contribution is 2.28. The van der Waals surface area contributed by atoms with E-state index in [1.165, 1.54) is 11.8 Å². The van der Waals surface area contributed by atoms with Gasteiger partial charge in [0.05, 0.1) is 5.75 Å². The Labute approximate surface area is 203 Å². The number of rotatable bonds is 11. The molecule has 0 radical (unpaired) electrons. The smallest absolute Gasteiger partial charge is 0.242 e. The Morgan fingerprint density at radius 1 is 1.06 bits per heavy atom. The molecule has 0 aliphatic rings. The second-order valence-electron chi connectivity index (χ2n) is 7.16. The third-order valence-corrected chi connectivity index (χ3v) is 6.70. The van der Waals surface area contributed by atoms with Crippen LogP contribution >= 0.6 is 46.6 Å². The first kappa shape index (κ1) is 25.9. The number of amides is 2. The van der Waals surface area contributed by atoms with Crippen LogP contribution in [0.25, 0.3) is 0 Å². The Bertz CT molecular complexity index is 857. The number of benzene rings is 2. The van der Waals surface area contributed by atoms with E-state index in [1.807, 2.05) is 12.1 Å². The van der Waals surface area contributed by atoms with Gasteiger partial charge in [0.1, 0.15) is 6.04 Å². The maximum atomic E-state index is 13.1. The maximum Gasteiger partial charge on any atom is 0.242 e. The van der Waals surface area contributed by atoms with Crippen molar-refractivity contribution in [2.45, 2.75) is 45.0 Å². The molecule has 0 spiro atoms. The van der Waals surface area contributed by atoms with Crippen molar-refractivity contribution in [1.82, 2.24) is 10.2 Å². The lowest BCUT2D eigenvalue weighted by atomic mass is 10.1. The summed E-state index contributed by atoms with van der Waals surface area (Å²) in [6, 6.07) is 12.0. The van der Waals surface area contributed by atoms with Gasteiger partial charge in [-0.1, -0.05) is 66.3 Å². The first-order valence-electron chi connectivity index (χ1n) is 10.2. The fourth-order valence-electron chi connectivity index (χ4n) is 2.90. The van der Waals surface area contributed by atoms with E-state index in [-0.39, 0.29) is 17.6 Å². The molecule has 0 aliphatic heterocycles. The predicted molar refractivity (Wildman–Crippen MR) is 132 cm³/mol. The number of nitrogens with zero attached hydrogens (tertiary/aromatic N) is 1. The lowest BCUT2D eigenvalue weighted by Gasteiger charge is -2.29. The van der Waals surface area contributed by atoms with Gasteiger partial charge in [-0.25, -0.2) is 0 Å². The Morgan fingerprint density at radius 3 is 2.32 bits per heavy atom. The summed E-state index contributed by atoms with van der Waals surface area (Å²) in [5.74, 6) is 0.439. The van der Waals surface area contributed by atoms with Gasteiger partial charge in [-0.05, 0) is 48.7 Å². The number of carbonyl (C=O) groups excluding carboxylic acids is 2. The van der Waals surface area contributed by atoms with Crippen LogP contribution in [0.15, 0.2) is 42.5 Å². The summed E-state index contributed by atoms with van der Waals surface area (Å²) in [6.07, 6.45) is 1.89. The van der Waals surface area contributed by atoms with Crippen LogP contribution in [0.1, 0.15) is 37.8 Å². The maximum absolute atomic E-state index is 13.1. The van der Waals surface area contributed by atoms with E-state index < -0.39 is 6.04 Å². The zero-order valence-electron chi connectivity index (χ0n) is 17.7. The Balaban J connectivity index is 2.07. The normalized spacial score (nSPS) is 11.8. The lowest BCUT2D eigenvalue weighted by Crippen LogP contribution is -2.48. The molecule has 4 nitrogen and oxygen atoms in total. The summed E-state index contributed by atoms with van der Waals surface area (Å²) in [7, 11) is 0. The van der Waals surface area contributed by atoms with Crippen molar-refractivity contribution in [2.75, 3.05) is 12.3 Å². The van der Waals surface area contributed by atoms with Crippen LogP contribution in [-0.2, 0) is 21.9 Å². The molecule has 0 aliphatic carbocycles. The number of hydrogen-bond donors (Lipinski definition) is 1. The number of unbranched alkanes of at least 4 members (excludes halogenated alkanes) is 1. The van der Waals surface area contributed by atoms with Gasteiger partial charge in [0, 0.05) is 33.9 Å². The predicted octanol–water partition coefficient (Wildman–Crippen LogP) is 6.21. The third-order valence-electron chi connectivity index (χ3n) is 4.80. The van der Waals surface area contributed by atoms with Crippen molar-refractivity contribution in [2.24, 2.45) is 0 Å². The molecule has 0 saturated heterocycles. The Morgan fingerprint density at radius 2 is 1.71 bits per heavy atom. The quantitative estimate of drug-likeness (QED) is 0.372. The molecule has 0 bridgehead atoms. The molecule has 0 saturated carbocycles. The van der Waals surface area contributed by atoms with E-state index in [0.29, 0.717) is 33.9 Å². The van der Waals surface area contributed by atoms with Crippen molar-refractivity contribution in [3.05, 3.63) is 68.7 Å². The van der Waals surface area contributed by atoms with Crippen molar-refractivity contribution in [3.63, 3.8) is 0 Å².